The van der Waals surface area contributed by atoms with E-state index in [-0.39, 0.29) is 31.0 Å². The van der Waals surface area contributed by atoms with E-state index in [2.05, 4.69) is 9.36 Å². The number of aliphatic carboxylic acids is 1. The Morgan fingerprint density at radius 2 is 1.90 bits per heavy atom. The fraction of sp³-hybridized carbons (Fsp3) is 0.308. The van der Waals surface area contributed by atoms with Crippen molar-refractivity contribution in [3.05, 3.63) is 30.9 Å². The second-order valence-corrected chi connectivity index (χ2v) is 5.03. The molecule has 112 valence electrons. The van der Waals surface area contributed by atoms with E-state index in [1.165, 1.54) is 17.9 Å². The lowest BCUT2D eigenvalue weighted by atomic mass is 10.1. The number of halogens is 1. The molecule has 1 N–H and O–H groups in total. The average Bonchev–Trinajstić information content (AvgIpc) is 2.97. The van der Waals surface area contributed by atoms with Crippen LogP contribution in [0.2, 0.25) is 0 Å². The standard InChI is InChI=1S/C13H13N3O3S.ClH/c17-11(1-2-12(18)19)5-8-16-6-3-10(4-7-16)13-14-9-15-20-13;/h3-4,6-7,9H,1-2,5,8H2;1H. The molecule has 2 heterocycles. The summed E-state index contributed by atoms with van der Waals surface area (Å²) in [5.74, 6) is -0.972. The maximum Gasteiger partial charge on any atom is 0.303 e. The average molecular weight is 328 g/mol. The zero-order chi connectivity index (χ0) is 14.4. The quantitative estimate of drug-likeness (QED) is 0.614. The molecule has 0 aromatic carbocycles. The number of hydrogen-bond donors (Lipinski definition) is 1. The van der Waals surface area contributed by atoms with Crippen LogP contribution in [0, 0.1) is 0 Å². The Bertz CT molecular complexity index is 587. The third-order valence-electron chi connectivity index (χ3n) is 2.77. The van der Waals surface area contributed by atoms with Gasteiger partial charge in [-0.15, -0.1) is 0 Å². The predicted octanol–water partition coefficient (Wildman–Crippen LogP) is -1.68. The molecular formula is C13H14ClN3O3S. The van der Waals surface area contributed by atoms with E-state index >= 15 is 0 Å². The van der Waals surface area contributed by atoms with Crippen LogP contribution in [0.15, 0.2) is 30.9 Å². The zero-order valence-corrected chi connectivity index (χ0v) is 12.7. The molecule has 8 heteroatoms. The number of Topliss-reactive ketones (excluding diaryl/α,β-unsaturated/α-hetero) is 1. The third kappa shape index (κ3) is 5.57. The lowest BCUT2D eigenvalue weighted by molar-refractivity contribution is -0.695. The number of carbonyl (C=O) groups is 2. The van der Waals surface area contributed by atoms with Crippen molar-refractivity contribution >= 4 is 23.3 Å². The summed E-state index contributed by atoms with van der Waals surface area (Å²) in [5, 5.41) is 9.36. The van der Waals surface area contributed by atoms with Gasteiger partial charge in [-0.05, 0) is 11.5 Å². The largest absolute Gasteiger partial charge is 1.00 e. The molecule has 2 aromatic rings. The summed E-state index contributed by atoms with van der Waals surface area (Å²) in [5.41, 5.74) is 0.987. The van der Waals surface area contributed by atoms with Crippen molar-refractivity contribution < 1.29 is 31.7 Å². The van der Waals surface area contributed by atoms with E-state index < -0.39 is 5.97 Å². The van der Waals surface area contributed by atoms with E-state index in [1.807, 2.05) is 29.1 Å². The molecule has 0 bridgehead atoms. The van der Waals surface area contributed by atoms with Crippen molar-refractivity contribution in [1.29, 1.82) is 0 Å². The summed E-state index contributed by atoms with van der Waals surface area (Å²) >= 11 is 1.33. The molecule has 0 fully saturated rings. The smallest absolute Gasteiger partial charge is 0.303 e. The van der Waals surface area contributed by atoms with Gasteiger partial charge in [0, 0.05) is 24.1 Å². The number of carbonyl (C=O) groups excluding carboxylic acids is 1. The Kier molecular flexibility index (Phi) is 6.90. The van der Waals surface area contributed by atoms with Crippen LogP contribution in [0.3, 0.4) is 0 Å². The van der Waals surface area contributed by atoms with Gasteiger partial charge in [0.15, 0.2) is 18.9 Å². The Labute approximate surface area is 132 Å². The van der Waals surface area contributed by atoms with Crippen LogP contribution in [-0.2, 0) is 16.1 Å². The molecule has 21 heavy (non-hydrogen) atoms. The van der Waals surface area contributed by atoms with Gasteiger partial charge in [-0.1, -0.05) is 0 Å². The summed E-state index contributed by atoms with van der Waals surface area (Å²) in [7, 11) is 0. The molecule has 2 aromatic heterocycles. The number of carboxylic acids is 1. The van der Waals surface area contributed by atoms with Crippen LogP contribution in [-0.4, -0.2) is 26.2 Å². The van der Waals surface area contributed by atoms with Crippen LogP contribution in [0.4, 0.5) is 0 Å². The fourth-order valence-corrected chi connectivity index (χ4v) is 2.20. The number of carboxylic acid groups (broad SMARTS) is 1. The number of aromatic nitrogens is 3. The first-order valence-electron chi connectivity index (χ1n) is 6.15. The fourth-order valence-electron chi connectivity index (χ4n) is 1.67. The second kappa shape index (κ2) is 8.43. The van der Waals surface area contributed by atoms with Gasteiger partial charge in [-0.2, -0.15) is 4.37 Å². The molecule has 6 nitrogen and oxygen atoms in total. The van der Waals surface area contributed by atoms with Crippen molar-refractivity contribution in [2.24, 2.45) is 0 Å². The minimum Gasteiger partial charge on any atom is -1.00 e. The Hall–Kier alpha value is -1.86. The van der Waals surface area contributed by atoms with Crippen molar-refractivity contribution in [1.82, 2.24) is 9.36 Å². The van der Waals surface area contributed by atoms with Gasteiger partial charge in [0.05, 0.1) is 12.8 Å². The summed E-state index contributed by atoms with van der Waals surface area (Å²) < 4.78 is 5.84. The number of hydrogen-bond acceptors (Lipinski definition) is 5. The first-order chi connectivity index (χ1) is 9.65. The summed E-state index contributed by atoms with van der Waals surface area (Å²) in [4.78, 5) is 26.0. The highest BCUT2D eigenvalue weighted by Crippen LogP contribution is 2.17. The number of aryl methyl sites for hydroxylation is 1. The van der Waals surface area contributed by atoms with E-state index in [9.17, 15) is 9.59 Å². The molecule has 0 aliphatic carbocycles. The van der Waals surface area contributed by atoms with Gasteiger partial charge < -0.3 is 17.5 Å². The molecule has 2 rings (SSSR count). The van der Waals surface area contributed by atoms with E-state index in [0.29, 0.717) is 13.0 Å². The molecule has 0 unspecified atom stereocenters. The number of ketones is 1. The second-order valence-electron chi connectivity index (χ2n) is 4.25. The van der Waals surface area contributed by atoms with Gasteiger partial charge >= 0.3 is 5.97 Å². The third-order valence-corrected chi connectivity index (χ3v) is 3.48. The van der Waals surface area contributed by atoms with Crippen molar-refractivity contribution in [3.8, 4) is 10.6 Å². The van der Waals surface area contributed by atoms with Crippen molar-refractivity contribution in [2.75, 3.05) is 0 Å². The molecule has 0 radical (unpaired) electrons. The Morgan fingerprint density at radius 3 is 2.48 bits per heavy atom. The topological polar surface area (TPSA) is 84.0 Å². The Morgan fingerprint density at radius 1 is 1.19 bits per heavy atom. The van der Waals surface area contributed by atoms with Gasteiger partial charge in [0.1, 0.15) is 17.1 Å². The van der Waals surface area contributed by atoms with Crippen LogP contribution in [0.5, 0.6) is 0 Å². The van der Waals surface area contributed by atoms with Crippen molar-refractivity contribution in [2.45, 2.75) is 25.8 Å². The number of pyridine rings is 1. The Balaban J connectivity index is 0.00000220. The predicted molar refractivity (Wildman–Crippen MR) is 72.0 cm³/mol. The first kappa shape index (κ1) is 17.2. The maximum atomic E-state index is 11.5. The highest BCUT2D eigenvalue weighted by Gasteiger charge is 2.10. The summed E-state index contributed by atoms with van der Waals surface area (Å²) in [6.45, 7) is 0.550. The normalized spacial score (nSPS) is 9.90. The van der Waals surface area contributed by atoms with Crippen LogP contribution in [0.1, 0.15) is 19.3 Å². The minimum absolute atomic E-state index is 0. The van der Waals surface area contributed by atoms with Gasteiger partial charge in [0.2, 0.25) is 0 Å². The lowest BCUT2D eigenvalue weighted by Crippen LogP contribution is -3.00. The molecule has 0 amide bonds. The molecule has 0 aliphatic heterocycles. The first-order valence-corrected chi connectivity index (χ1v) is 6.92. The molecule has 0 aliphatic rings. The van der Waals surface area contributed by atoms with Crippen molar-refractivity contribution in [3.63, 3.8) is 0 Å². The summed E-state index contributed by atoms with van der Waals surface area (Å²) in [6.07, 6.45) is 5.61. The van der Waals surface area contributed by atoms with Crippen LogP contribution < -0.4 is 17.0 Å². The monoisotopic (exact) mass is 327 g/mol. The van der Waals surface area contributed by atoms with Gasteiger partial charge in [0.25, 0.3) is 0 Å². The molecule has 0 saturated heterocycles. The minimum atomic E-state index is -0.938. The highest BCUT2D eigenvalue weighted by molar-refractivity contribution is 7.09. The maximum absolute atomic E-state index is 11.5. The van der Waals surface area contributed by atoms with Gasteiger partial charge in [-0.3, -0.25) is 9.59 Å². The highest BCUT2D eigenvalue weighted by atomic mass is 35.5. The molecule has 0 atom stereocenters. The molecular weight excluding hydrogens is 314 g/mol. The van der Waals surface area contributed by atoms with Gasteiger partial charge in [-0.25, -0.2) is 9.55 Å². The lowest BCUT2D eigenvalue weighted by Gasteiger charge is -1.98. The van der Waals surface area contributed by atoms with E-state index in [1.54, 1.807) is 0 Å². The zero-order valence-electron chi connectivity index (χ0n) is 11.1. The van der Waals surface area contributed by atoms with E-state index in [0.717, 1.165) is 10.6 Å². The number of rotatable bonds is 7. The van der Waals surface area contributed by atoms with Crippen LogP contribution >= 0.6 is 11.5 Å². The van der Waals surface area contributed by atoms with Crippen LogP contribution in [0.25, 0.3) is 10.6 Å². The van der Waals surface area contributed by atoms with E-state index in [4.69, 9.17) is 5.11 Å². The molecule has 0 spiro atoms. The number of nitrogens with zero attached hydrogens (tertiary/aromatic N) is 3. The SMILES string of the molecule is O=C(O)CCC(=O)CC[n+]1ccc(-c2ncns2)cc1.[Cl-]. The molecule has 0 saturated carbocycles. The summed E-state index contributed by atoms with van der Waals surface area (Å²) in [6, 6.07) is 3.84.